The number of rotatable bonds is 12. The Hall–Kier alpha value is -9.00. The summed E-state index contributed by atoms with van der Waals surface area (Å²) in [6.45, 7) is 0. The van der Waals surface area contributed by atoms with Crippen LogP contribution in [0.3, 0.4) is 0 Å². The number of fused-ring (bicyclic) bond motifs is 2. The Bertz CT molecular complexity index is 4570. The standard InChI is InChI=1S/C78H52S4/c1-7-19-51(20-8-1)59-43-60(52-21-9-2-10-22-52)46-63(45-59)77-65-33-31-58(72-38-42-76(82-72)74-40-36-70(80-74)56-29-17-6-18-30-56)50-68(65)78(64-47-61(53-23-11-3-12-24-53)44-62(48-64)54-25-13-4-14-26-54)66-34-32-57(49-67(66)77)71-37-41-75(81-71)73-39-35-69(79-73)55-27-15-5-16-28-55/h1-29,31-50,56H,30H2. The van der Waals surface area contributed by atoms with Crippen LogP contribution in [0.4, 0.5) is 0 Å². The Morgan fingerprint density at radius 1 is 0.232 bits per heavy atom. The quantitative estimate of drug-likeness (QED) is 0.107. The van der Waals surface area contributed by atoms with Gasteiger partial charge in [0.2, 0.25) is 0 Å². The maximum atomic E-state index is 2.50. The Morgan fingerprint density at radius 3 is 0.963 bits per heavy atom. The van der Waals surface area contributed by atoms with E-state index in [-0.39, 0.29) is 0 Å². The SMILES string of the molecule is C1=CCC(c2ccc(-c3ccc(-c4ccc5c(-c6cc(-c7ccccc7)cc(-c7ccccc7)c6)c6cc(-c7ccc(-c8ccc(-c9ccccc9)s8)s7)ccc6c(-c6cc(-c7ccccc7)cc(-c7ccccc7)c6)c5c4)s3)s2)C=C1. The van der Waals surface area contributed by atoms with E-state index in [1.54, 1.807) is 0 Å². The molecule has 1 aliphatic carbocycles. The topological polar surface area (TPSA) is 0 Å². The average Bonchev–Trinajstić information content (AvgIpc) is 2.40. The van der Waals surface area contributed by atoms with Crippen molar-refractivity contribution in [2.75, 3.05) is 0 Å². The second-order valence-corrected chi connectivity index (χ2v) is 25.4. The minimum atomic E-state index is 0.435. The first kappa shape index (κ1) is 50.0. The maximum absolute atomic E-state index is 2.50. The lowest BCUT2D eigenvalue weighted by Gasteiger charge is -2.21. The van der Waals surface area contributed by atoms with Crippen LogP contribution in [0.1, 0.15) is 17.2 Å². The predicted octanol–water partition coefficient (Wildman–Crippen LogP) is 24.2. The fourth-order valence-electron chi connectivity index (χ4n) is 11.8. The lowest BCUT2D eigenvalue weighted by Crippen LogP contribution is -1.94. The van der Waals surface area contributed by atoms with Crippen LogP contribution in [-0.2, 0) is 0 Å². The Morgan fingerprint density at radius 2 is 0.573 bits per heavy atom. The molecule has 0 fully saturated rings. The number of allylic oxidation sites excluding steroid dienone is 4. The van der Waals surface area contributed by atoms with E-state index < -0.39 is 0 Å². The van der Waals surface area contributed by atoms with E-state index >= 15 is 0 Å². The first-order valence-electron chi connectivity index (χ1n) is 28.0. The summed E-state index contributed by atoms with van der Waals surface area (Å²) >= 11 is 7.56. The van der Waals surface area contributed by atoms with Gasteiger partial charge in [-0.05, 0) is 208 Å². The van der Waals surface area contributed by atoms with Crippen molar-refractivity contribution in [2.24, 2.45) is 0 Å². The summed E-state index contributed by atoms with van der Waals surface area (Å²) in [5.41, 5.74) is 18.0. The fraction of sp³-hybridized carbons (Fsp3) is 0.0256. The van der Waals surface area contributed by atoms with Crippen molar-refractivity contribution in [3.8, 4) is 118 Å². The van der Waals surface area contributed by atoms with Crippen LogP contribution in [0.2, 0.25) is 0 Å². The molecule has 0 bridgehead atoms. The molecule has 0 N–H and O–H groups in total. The third kappa shape index (κ3) is 9.74. The maximum Gasteiger partial charge on any atom is 0.0449 e. The number of hydrogen-bond donors (Lipinski definition) is 0. The highest BCUT2D eigenvalue weighted by molar-refractivity contribution is 7.25. The second-order valence-electron chi connectivity index (χ2n) is 21.0. The van der Waals surface area contributed by atoms with Crippen LogP contribution < -0.4 is 0 Å². The molecule has 4 heterocycles. The summed E-state index contributed by atoms with van der Waals surface area (Å²) in [7, 11) is 0. The summed E-state index contributed by atoms with van der Waals surface area (Å²) in [5.74, 6) is 0.435. The smallest absolute Gasteiger partial charge is 0.0449 e. The molecule has 1 aliphatic rings. The van der Waals surface area contributed by atoms with Crippen molar-refractivity contribution >= 4 is 66.9 Å². The molecule has 82 heavy (non-hydrogen) atoms. The van der Waals surface area contributed by atoms with Gasteiger partial charge in [-0.1, -0.05) is 200 Å². The van der Waals surface area contributed by atoms with Gasteiger partial charge in [-0.3, -0.25) is 0 Å². The average molecular weight is 1120 g/mol. The van der Waals surface area contributed by atoms with Gasteiger partial charge in [0.25, 0.3) is 0 Å². The monoisotopic (exact) mass is 1120 g/mol. The molecule has 1 unspecified atom stereocenters. The van der Waals surface area contributed by atoms with E-state index in [4.69, 9.17) is 0 Å². The molecule has 388 valence electrons. The predicted molar refractivity (Wildman–Crippen MR) is 358 cm³/mol. The molecular formula is C78H52S4. The third-order valence-electron chi connectivity index (χ3n) is 15.9. The molecule has 4 aromatic heterocycles. The van der Waals surface area contributed by atoms with Crippen molar-refractivity contribution in [3.05, 3.63) is 302 Å². The van der Waals surface area contributed by atoms with Gasteiger partial charge >= 0.3 is 0 Å². The lowest BCUT2D eigenvalue weighted by molar-refractivity contribution is 0.873. The van der Waals surface area contributed by atoms with Crippen LogP contribution in [0.15, 0.2) is 297 Å². The molecule has 14 aromatic rings. The van der Waals surface area contributed by atoms with Crippen LogP contribution in [0.25, 0.3) is 139 Å². The van der Waals surface area contributed by atoms with E-state index in [1.165, 1.54) is 144 Å². The zero-order valence-electron chi connectivity index (χ0n) is 44.7. The molecule has 4 heteroatoms. The highest BCUT2D eigenvalue weighted by Crippen LogP contribution is 2.51. The molecule has 0 saturated heterocycles. The zero-order chi connectivity index (χ0) is 54.3. The molecular weight excluding hydrogens is 1070 g/mol. The van der Waals surface area contributed by atoms with Gasteiger partial charge in [0, 0.05) is 44.9 Å². The van der Waals surface area contributed by atoms with Gasteiger partial charge in [0.15, 0.2) is 0 Å². The molecule has 15 rings (SSSR count). The first-order chi connectivity index (χ1) is 40.6. The van der Waals surface area contributed by atoms with E-state index in [0.29, 0.717) is 5.92 Å². The number of hydrogen-bond acceptors (Lipinski definition) is 4. The highest BCUT2D eigenvalue weighted by atomic mass is 32.1. The van der Waals surface area contributed by atoms with E-state index in [0.717, 1.165) is 6.42 Å². The minimum absolute atomic E-state index is 0.435. The summed E-state index contributed by atoms with van der Waals surface area (Å²) in [5, 5.41) is 4.87. The molecule has 0 saturated carbocycles. The molecule has 0 radical (unpaired) electrons. The summed E-state index contributed by atoms with van der Waals surface area (Å²) < 4.78 is 0. The molecule has 1 atom stereocenters. The molecule has 0 amide bonds. The van der Waals surface area contributed by atoms with E-state index in [1.807, 2.05) is 45.3 Å². The van der Waals surface area contributed by atoms with Gasteiger partial charge in [-0.15, -0.1) is 45.3 Å². The van der Waals surface area contributed by atoms with Crippen LogP contribution >= 0.6 is 45.3 Å². The van der Waals surface area contributed by atoms with Gasteiger partial charge in [-0.2, -0.15) is 0 Å². The minimum Gasteiger partial charge on any atom is -0.139 e. The second kappa shape index (κ2) is 21.8. The van der Waals surface area contributed by atoms with Gasteiger partial charge in [0.1, 0.15) is 0 Å². The third-order valence-corrected chi connectivity index (χ3v) is 20.9. The van der Waals surface area contributed by atoms with Crippen LogP contribution in [0.5, 0.6) is 0 Å². The highest BCUT2D eigenvalue weighted by Gasteiger charge is 2.23. The van der Waals surface area contributed by atoms with Crippen LogP contribution in [-0.4, -0.2) is 0 Å². The molecule has 0 spiro atoms. The van der Waals surface area contributed by atoms with Crippen molar-refractivity contribution < 1.29 is 0 Å². The van der Waals surface area contributed by atoms with E-state index in [2.05, 4.69) is 297 Å². The van der Waals surface area contributed by atoms with Crippen LogP contribution in [0, 0.1) is 0 Å². The normalized spacial score (nSPS) is 13.1. The Kier molecular flexibility index (Phi) is 13.3. The lowest BCUT2D eigenvalue weighted by atomic mass is 9.82. The number of benzene rings is 10. The first-order valence-corrected chi connectivity index (χ1v) is 31.2. The van der Waals surface area contributed by atoms with Crippen molar-refractivity contribution in [3.63, 3.8) is 0 Å². The van der Waals surface area contributed by atoms with Gasteiger partial charge in [-0.25, -0.2) is 0 Å². The van der Waals surface area contributed by atoms with Crippen molar-refractivity contribution in [1.82, 2.24) is 0 Å². The number of thiophene rings is 4. The van der Waals surface area contributed by atoms with Crippen molar-refractivity contribution in [2.45, 2.75) is 12.3 Å². The van der Waals surface area contributed by atoms with Gasteiger partial charge < -0.3 is 0 Å². The summed E-state index contributed by atoms with van der Waals surface area (Å²) in [6.07, 6.45) is 10.0. The Balaban J connectivity index is 0.991. The Labute approximate surface area is 495 Å². The van der Waals surface area contributed by atoms with Gasteiger partial charge in [0.05, 0.1) is 0 Å². The molecule has 0 aliphatic heterocycles. The molecule has 10 aromatic carbocycles. The zero-order valence-corrected chi connectivity index (χ0v) is 48.0. The fourth-order valence-corrected chi connectivity index (χ4v) is 16.1. The largest absolute Gasteiger partial charge is 0.139 e. The van der Waals surface area contributed by atoms with Crippen molar-refractivity contribution in [1.29, 1.82) is 0 Å². The summed E-state index contributed by atoms with van der Waals surface area (Å²) in [4.78, 5) is 10.4. The van der Waals surface area contributed by atoms with E-state index in [9.17, 15) is 0 Å². The summed E-state index contributed by atoms with van der Waals surface area (Å²) in [6, 6.07) is 102. The molecule has 0 nitrogen and oxygen atoms in total.